The first kappa shape index (κ1) is 11.4. The zero-order valence-corrected chi connectivity index (χ0v) is 9.07. The standard InChI is InChI=1S/C9H17NO4/c1-9(2)12-5-7(6-13-9)8(11)14-10(3)4/h7H,5-6H2,1-4H3. The van der Waals surface area contributed by atoms with Crippen molar-refractivity contribution in [2.24, 2.45) is 5.92 Å². The summed E-state index contributed by atoms with van der Waals surface area (Å²) in [6, 6.07) is 0. The highest BCUT2D eigenvalue weighted by Gasteiger charge is 2.33. The Morgan fingerprint density at radius 1 is 1.36 bits per heavy atom. The second kappa shape index (κ2) is 4.25. The van der Waals surface area contributed by atoms with E-state index in [-0.39, 0.29) is 11.9 Å². The maximum absolute atomic E-state index is 11.4. The summed E-state index contributed by atoms with van der Waals surface area (Å²) in [5.74, 6) is -1.23. The Morgan fingerprint density at radius 2 is 1.86 bits per heavy atom. The number of hydrogen-bond acceptors (Lipinski definition) is 5. The average Bonchev–Trinajstić information content (AvgIpc) is 2.02. The molecule has 0 unspecified atom stereocenters. The van der Waals surface area contributed by atoms with Gasteiger partial charge >= 0.3 is 5.97 Å². The van der Waals surface area contributed by atoms with Gasteiger partial charge in [0.25, 0.3) is 0 Å². The van der Waals surface area contributed by atoms with E-state index in [1.54, 1.807) is 14.1 Å². The molecule has 0 aromatic rings. The van der Waals surface area contributed by atoms with Crippen LogP contribution in [0.4, 0.5) is 0 Å². The van der Waals surface area contributed by atoms with Gasteiger partial charge in [-0.05, 0) is 13.8 Å². The SMILES string of the molecule is CN(C)OC(=O)C1COC(C)(C)OC1. The molecule has 5 heteroatoms. The van der Waals surface area contributed by atoms with Crippen LogP contribution >= 0.6 is 0 Å². The predicted octanol–water partition coefficient (Wildman–Crippen LogP) is 0.405. The second-order valence-electron chi connectivity index (χ2n) is 3.94. The largest absolute Gasteiger partial charge is 0.368 e. The van der Waals surface area contributed by atoms with Crippen molar-refractivity contribution < 1.29 is 19.1 Å². The molecule has 1 fully saturated rings. The van der Waals surface area contributed by atoms with Crippen LogP contribution in [-0.2, 0) is 19.1 Å². The van der Waals surface area contributed by atoms with Crippen LogP contribution in [0.5, 0.6) is 0 Å². The highest BCUT2D eigenvalue weighted by molar-refractivity contribution is 5.72. The molecule has 0 aliphatic carbocycles. The summed E-state index contributed by atoms with van der Waals surface area (Å²) in [4.78, 5) is 16.3. The van der Waals surface area contributed by atoms with Crippen LogP contribution in [-0.4, -0.2) is 44.1 Å². The van der Waals surface area contributed by atoms with Gasteiger partial charge < -0.3 is 14.3 Å². The Balaban J connectivity index is 2.38. The highest BCUT2D eigenvalue weighted by Crippen LogP contribution is 2.21. The molecule has 0 saturated carbocycles. The molecule has 0 radical (unpaired) electrons. The minimum absolute atomic E-state index is 0.314. The van der Waals surface area contributed by atoms with E-state index >= 15 is 0 Å². The Labute approximate surface area is 83.9 Å². The van der Waals surface area contributed by atoms with Crippen LogP contribution in [0.2, 0.25) is 0 Å². The van der Waals surface area contributed by atoms with Crippen molar-refractivity contribution in [1.82, 2.24) is 5.06 Å². The minimum Gasteiger partial charge on any atom is -0.368 e. The van der Waals surface area contributed by atoms with Crippen LogP contribution in [0, 0.1) is 5.92 Å². The Bertz CT molecular complexity index is 205. The van der Waals surface area contributed by atoms with Gasteiger partial charge in [0.15, 0.2) is 5.79 Å². The predicted molar refractivity (Wildman–Crippen MR) is 49.3 cm³/mol. The first-order valence-corrected chi connectivity index (χ1v) is 4.58. The first-order chi connectivity index (χ1) is 6.41. The number of rotatable bonds is 2. The number of carbonyl (C=O) groups is 1. The molecular weight excluding hydrogens is 186 g/mol. The summed E-state index contributed by atoms with van der Waals surface area (Å²) < 4.78 is 10.7. The van der Waals surface area contributed by atoms with Gasteiger partial charge in [0.2, 0.25) is 0 Å². The van der Waals surface area contributed by atoms with Gasteiger partial charge in [-0.2, -0.15) is 0 Å². The lowest BCUT2D eigenvalue weighted by molar-refractivity contribution is -0.267. The molecule has 0 aromatic carbocycles. The molecule has 1 aliphatic rings. The molecular formula is C9H17NO4. The summed E-state index contributed by atoms with van der Waals surface area (Å²) >= 11 is 0. The third kappa shape index (κ3) is 3.25. The number of hydroxylamine groups is 2. The third-order valence-electron chi connectivity index (χ3n) is 1.87. The van der Waals surface area contributed by atoms with E-state index in [1.165, 1.54) is 5.06 Å². The molecule has 14 heavy (non-hydrogen) atoms. The molecule has 1 rings (SSSR count). The van der Waals surface area contributed by atoms with Crippen molar-refractivity contribution in [3.63, 3.8) is 0 Å². The fourth-order valence-corrected chi connectivity index (χ4v) is 1.08. The van der Waals surface area contributed by atoms with Crippen LogP contribution in [0.15, 0.2) is 0 Å². The molecule has 0 N–H and O–H groups in total. The molecule has 0 atom stereocenters. The lowest BCUT2D eigenvalue weighted by Gasteiger charge is -2.34. The minimum atomic E-state index is -0.588. The van der Waals surface area contributed by atoms with Gasteiger partial charge in [0.05, 0.1) is 13.2 Å². The Kier molecular flexibility index (Phi) is 3.47. The second-order valence-corrected chi connectivity index (χ2v) is 3.94. The Morgan fingerprint density at radius 3 is 2.29 bits per heavy atom. The fourth-order valence-electron chi connectivity index (χ4n) is 1.08. The van der Waals surface area contributed by atoms with Crippen molar-refractivity contribution in [2.45, 2.75) is 19.6 Å². The zero-order chi connectivity index (χ0) is 10.8. The van der Waals surface area contributed by atoms with Gasteiger partial charge in [-0.25, -0.2) is 4.79 Å². The van der Waals surface area contributed by atoms with Crippen LogP contribution in [0.1, 0.15) is 13.8 Å². The first-order valence-electron chi connectivity index (χ1n) is 4.58. The van der Waals surface area contributed by atoms with Crippen LogP contribution in [0.25, 0.3) is 0 Å². The fraction of sp³-hybridized carbons (Fsp3) is 0.889. The summed E-state index contributed by atoms with van der Waals surface area (Å²) in [5, 5.41) is 1.36. The van der Waals surface area contributed by atoms with Crippen molar-refractivity contribution in [3.05, 3.63) is 0 Å². The normalized spacial score (nSPS) is 22.4. The average molecular weight is 203 g/mol. The Hall–Kier alpha value is -0.650. The molecule has 0 bridgehead atoms. The van der Waals surface area contributed by atoms with Crippen LogP contribution in [0.3, 0.4) is 0 Å². The quantitative estimate of drug-likeness (QED) is 0.608. The molecule has 5 nitrogen and oxygen atoms in total. The smallest absolute Gasteiger partial charge is 0.332 e. The maximum Gasteiger partial charge on any atom is 0.332 e. The van der Waals surface area contributed by atoms with Crippen molar-refractivity contribution in [2.75, 3.05) is 27.3 Å². The van der Waals surface area contributed by atoms with Crippen molar-refractivity contribution in [1.29, 1.82) is 0 Å². The number of ether oxygens (including phenoxy) is 2. The van der Waals surface area contributed by atoms with E-state index in [4.69, 9.17) is 14.3 Å². The monoisotopic (exact) mass is 203 g/mol. The molecule has 1 aliphatic heterocycles. The van der Waals surface area contributed by atoms with Crippen molar-refractivity contribution in [3.8, 4) is 0 Å². The molecule has 0 aromatic heterocycles. The van der Waals surface area contributed by atoms with E-state index in [9.17, 15) is 4.79 Å². The summed E-state index contributed by atoms with van der Waals surface area (Å²) in [7, 11) is 3.32. The molecule has 1 heterocycles. The number of carbonyl (C=O) groups excluding carboxylic acids is 1. The van der Waals surface area contributed by atoms with Gasteiger partial charge in [-0.3, -0.25) is 0 Å². The number of hydrogen-bond donors (Lipinski definition) is 0. The maximum atomic E-state index is 11.4. The highest BCUT2D eigenvalue weighted by atomic mass is 16.7. The summed E-state index contributed by atoms with van der Waals surface area (Å²) in [5.41, 5.74) is 0. The topological polar surface area (TPSA) is 48.0 Å². The zero-order valence-electron chi connectivity index (χ0n) is 9.07. The molecule has 0 spiro atoms. The number of nitrogens with zero attached hydrogens (tertiary/aromatic N) is 1. The molecule has 0 amide bonds. The third-order valence-corrected chi connectivity index (χ3v) is 1.87. The van der Waals surface area contributed by atoms with E-state index in [1.807, 2.05) is 13.8 Å². The molecule has 82 valence electrons. The van der Waals surface area contributed by atoms with E-state index in [0.29, 0.717) is 13.2 Å². The van der Waals surface area contributed by atoms with E-state index < -0.39 is 5.79 Å². The van der Waals surface area contributed by atoms with Gasteiger partial charge in [0, 0.05) is 14.1 Å². The molecule has 1 saturated heterocycles. The summed E-state index contributed by atoms with van der Waals surface area (Å²) in [6.45, 7) is 4.33. The van der Waals surface area contributed by atoms with E-state index in [2.05, 4.69) is 0 Å². The van der Waals surface area contributed by atoms with E-state index in [0.717, 1.165) is 0 Å². The lowest BCUT2D eigenvalue weighted by Crippen LogP contribution is -2.43. The van der Waals surface area contributed by atoms with Gasteiger partial charge in [-0.15, -0.1) is 5.06 Å². The van der Waals surface area contributed by atoms with Gasteiger partial charge in [0.1, 0.15) is 5.92 Å². The summed E-state index contributed by atoms with van der Waals surface area (Å²) in [6.07, 6.45) is 0. The van der Waals surface area contributed by atoms with Crippen molar-refractivity contribution >= 4 is 5.97 Å². The van der Waals surface area contributed by atoms with Gasteiger partial charge in [-0.1, -0.05) is 0 Å². The lowest BCUT2D eigenvalue weighted by atomic mass is 10.1. The van der Waals surface area contributed by atoms with Crippen LogP contribution < -0.4 is 0 Å².